The fraction of sp³-hybridized carbons (Fsp3) is 0.364. The van der Waals surface area contributed by atoms with Gasteiger partial charge in [-0.1, -0.05) is 0 Å². The molecule has 0 aliphatic heterocycles. The zero-order valence-electron chi connectivity index (χ0n) is 10.3. The molecule has 0 aliphatic carbocycles. The van der Waals surface area contributed by atoms with Gasteiger partial charge in [-0.05, 0) is 0 Å². The number of methoxy groups -OCH3 is 1. The molecule has 7 nitrogen and oxygen atoms in total. The third kappa shape index (κ3) is 2.95. The number of nitrogens with one attached hydrogen (secondary N) is 2. The van der Waals surface area contributed by atoms with Crippen LogP contribution in [0.25, 0.3) is 0 Å². The molecule has 0 spiro atoms. The Balaban J connectivity index is 2.18. The summed E-state index contributed by atoms with van der Waals surface area (Å²) in [6.45, 7) is 0.905. The van der Waals surface area contributed by atoms with Crippen molar-refractivity contribution in [2.24, 2.45) is 0 Å². The molecule has 0 aliphatic rings. The highest BCUT2D eigenvalue weighted by Crippen LogP contribution is 2.09. The van der Waals surface area contributed by atoms with Gasteiger partial charge < -0.3 is 14.6 Å². The molecule has 0 saturated heterocycles. The Labute approximate surface area is 104 Å². The maximum atomic E-state index is 11.5. The molecular weight excluding hydrogens is 234 g/mol. The monoisotopic (exact) mass is 249 g/mol. The number of nitrogens with zero attached hydrogens (tertiary/aromatic N) is 3. The zero-order chi connectivity index (χ0) is 13.0. The molecule has 2 N–H and O–H groups in total. The van der Waals surface area contributed by atoms with Crippen molar-refractivity contribution in [1.82, 2.24) is 20.2 Å². The van der Waals surface area contributed by atoms with Gasteiger partial charge >= 0.3 is 0 Å². The minimum absolute atomic E-state index is 0.189. The topological polar surface area (TPSA) is 86.9 Å². The van der Waals surface area contributed by atoms with Crippen LogP contribution >= 0.6 is 0 Å². The van der Waals surface area contributed by atoms with Crippen LogP contribution in [0.5, 0.6) is 0 Å². The van der Waals surface area contributed by atoms with Crippen LogP contribution in [-0.4, -0.2) is 34.3 Å². The second kappa shape index (κ2) is 5.46. The van der Waals surface area contributed by atoms with Crippen LogP contribution < -0.4 is 10.5 Å². The normalized spacial score (nSPS) is 10.6. The van der Waals surface area contributed by atoms with E-state index in [2.05, 4.69) is 20.2 Å². The summed E-state index contributed by atoms with van der Waals surface area (Å²) in [5.41, 5.74) is 0.832. The highest BCUT2D eigenvalue weighted by molar-refractivity contribution is 5.37. The number of ether oxygens (including phenoxy) is 1. The Hall–Kier alpha value is -2.15. The highest BCUT2D eigenvalue weighted by Gasteiger charge is 2.07. The van der Waals surface area contributed by atoms with E-state index in [-0.39, 0.29) is 12.2 Å². The highest BCUT2D eigenvalue weighted by atomic mass is 16.5. The predicted molar refractivity (Wildman–Crippen MR) is 66.3 cm³/mol. The van der Waals surface area contributed by atoms with E-state index in [0.717, 1.165) is 5.56 Å². The third-order valence-corrected chi connectivity index (χ3v) is 2.42. The third-order valence-electron chi connectivity index (χ3n) is 2.42. The van der Waals surface area contributed by atoms with E-state index in [9.17, 15) is 4.79 Å². The predicted octanol–water partition coefficient (Wildman–Crippen LogP) is 0.276. The molecule has 96 valence electrons. The summed E-state index contributed by atoms with van der Waals surface area (Å²) >= 11 is 0. The van der Waals surface area contributed by atoms with Crippen LogP contribution in [-0.2, 0) is 17.9 Å². The Morgan fingerprint density at radius 3 is 3.00 bits per heavy atom. The number of H-pyrrole nitrogens is 2. The maximum Gasteiger partial charge on any atom is 0.253 e. The van der Waals surface area contributed by atoms with Crippen molar-refractivity contribution in [2.45, 2.75) is 13.2 Å². The van der Waals surface area contributed by atoms with Crippen molar-refractivity contribution in [3.8, 4) is 0 Å². The molecule has 7 heteroatoms. The lowest BCUT2D eigenvalue weighted by atomic mass is 10.3. The molecule has 0 fully saturated rings. The first kappa shape index (κ1) is 12.3. The van der Waals surface area contributed by atoms with Crippen LogP contribution in [0.3, 0.4) is 0 Å². The first-order chi connectivity index (χ1) is 8.69. The number of aromatic amines is 2. The van der Waals surface area contributed by atoms with E-state index in [0.29, 0.717) is 18.2 Å². The van der Waals surface area contributed by atoms with Crippen molar-refractivity contribution >= 4 is 5.82 Å². The molecule has 0 radical (unpaired) electrons. The molecule has 0 saturated carbocycles. The van der Waals surface area contributed by atoms with E-state index < -0.39 is 0 Å². The average molecular weight is 249 g/mol. The van der Waals surface area contributed by atoms with Gasteiger partial charge in [-0.2, -0.15) is 5.10 Å². The molecule has 2 heterocycles. The molecule has 0 atom stereocenters. The average Bonchev–Trinajstić information content (AvgIpc) is 2.81. The summed E-state index contributed by atoms with van der Waals surface area (Å²) in [7, 11) is 3.42. The fourth-order valence-corrected chi connectivity index (χ4v) is 1.61. The van der Waals surface area contributed by atoms with Crippen LogP contribution in [0.2, 0.25) is 0 Å². The van der Waals surface area contributed by atoms with Crippen molar-refractivity contribution in [3.05, 3.63) is 40.2 Å². The largest absolute Gasteiger partial charge is 0.377 e. The first-order valence-corrected chi connectivity index (χ1v) is 5.47. The van der Waals surface area contributed by atoms with Crippen molar-refractivity contribution < 1.29 is 4.74 Å². The SMILES string of the molecule is COCc1nc(N(C)Cc2cn[nH]c2)cc(=O)[nH]1. The smallest absolute Gasteiger partial charge is 0.253 e. The Morgan fingerprint density at radius 1 is 1.50 bits per heavy atom. The molecule has 2 aromatic heterocycles. The number of hydrogen-bond acceptors (Lipinski definition) is 5. The standard InChI is InChI=1S/C11H15N5O2/c1-16(6-8-4-12-13-5-8)10-3-11(17)15-9(14-10)7-18-2/h3-5H,6-7H2,1-2H3,(H,12,13)(H,14,15,17). The molecule has 0 bridgehead atoms. The number of aromatic nitrogens is 4. The lowest BCUT2D eigenvalue weighted by Crippen LogP contribution is -2.22. The van der Waals surface area contributed by atoms with E-state index in [1.165, 1.54) is 6.07 Å². The summed E-state index contributed by atoms with van der Waals surface area (Å²) in [6.07, 6.45) is 3.54. The van der Waals surface area contributed by atoms with Gasteiger partial charge in [0, 0.05) is 38.5 Å². The van der Waals surface area contributed by atoms with Crippen molar-refractivity contribution in [2.75, 3.05) is 19.1 Å². The van der Waals surface area contributed by atoms with Crippen LogP contribution in [0.4, 0.5) is 5.82 Å². The van der Waals surface area contributed by atoms with E-state index >= 15 is 0 Å². The molecule has 0 amide bonds. The second-order valence-electron chi connectivity index (χ2n) is 3.95. The Kier molecular flexibility index (Phi) is 3.73. The number of anilines is 1. The van der Waals surface area contributed by atoms with Gasteiger partial charge in [0.25, 0.3) is 5.56 Å². The minimum Gasteiger partial charge on any atom is -0.377 e. The molecule has 0 unspecified atom stereocenters. The lowest BCUT2D eigenvalue weighted by molar-refractivity contribution is 0.177. The fourth-order valence-electron chi connectivity index (χ4n) is 1.61. The minimum atomic E-state index is -0.189. The molecule has 0 aromatic carbocycles. The lowest BCUT2D eigenvalue weighted by Gasteiger charge is -2.17. The van der Waals surface area contributed by atoms with Crippen molar-refractivity contribution in [1.29, 1.82) is 0 Å². The Bertz CT molecular complexity index is 549. The number of hydrogen-bond donors (Lipinski definition) is 2. The summed E-state index contributed by atoms with van der Waals surface area (Å²) < 4.78 is 4.96. The van der Waals surface area contributed by atoms with Crippen LogP contribution in [0, 0.1) is 0 Å². The van der Waals surface area contributed by atoms with Gasteiger partial charge in [0.15, 0.2) is 0 Å². The Morgan fingerprint density at radius 2 is 2.33 bits per heavy atom. The van der Waals surface area contributed by atoms with Crippen LogP contribution in [0.1, 0.15) is 11.4 Å². The van der Waals surface area contributed by atoms with Gasteiger partial charge in [-0.25, -0.2) is 4.98 Å². The summed E-state index contributed by atoms with van der Waals surface area (Å²) in [6, 6.07) is 1.46. The summed E-state index contributed by atoms with van der Waals surface area (Å²) in [5.74, 6) is 1.12. The van der Waals surface area contributed by atoms with Crippen LogP contribution in [0.15, 0.2) is 23.3 Å². The van der Waals surface area contributed by atoms with Gasteiger partial charge in [-0.3, -0.25) is 9.89 Å². The van der Waals surface area contributed by atoms with E-state index in [1.54, 1.807) is 19.5 Å². The molecule has 18 heavy (non-hydrogen) atoms. The number of rotatable bonds is 5. The molecule has 2 aromatic rings. The summed E-state index contributed by atoms with van der Waals surface area (Å²) in [5, 5.41) is 6.62. The van der Waals surface area contributed by atoms with Gasteiger partial charge in [-0.15, -0.1) is 0 Å². The maximum absolute atomic E-state index is 11.5. The summed E-state index contributed by atoms with van der Waals surface area (Å²) in [4.78, 5) is 20.3. The van der Waals surface area contributed by atoms with E-state index in [1.807, 2.05) is 11.9 Å². The molecule has 2 rings (SSSR count). The van der Waals surface area contributed by atoms with E-state index in [4.69, 9.17) is 4.74 Å². The zero-order valence-corrected chi connectivity index (χ0v) is 10.3. The quantitative estimate of drug-likeness (QED) is 0.794. The van der Waals surface area contributed by atoms with Gasteiger partial charge in [0.1, 0.15) is 18.2 Å². The second-order valence-corrected chi connectivity index (χ2v) is 3.95. The van der Waals surface area contributed by atoms with Gasteiger partial charge in [0.2, 0.25) is 0 Å². The first-order valence-electron chi connectivity index (χ1n) is 5.47. The van der Waals surface area contributed by atoms with Gasteiger partial charge in [0.05, 0.1) is 6.20 Å². The van der Waals surface area contributed by atoms with Crippen molar-refractivity contribution in [3.63, 3.8) is 0 Å². The molecular formula is C11H15N5O2.